The van der Waals surface area contributed by atoms with E-state index in [4.69, 9.17) is 16.0 Å². The number of aryl methyl sites for hydroxylation is 1. The molecule has 1 aromatic heterocycles. The van der Waals surface area contributed by atoms with E-state index in [1.165, 1.54) is 12.3 Å². The smallest absolute Gasteiger partial charge is 0.312 e. The number of amides is 1. The first kappa shape index (κ1) is 21.1. The van der Waals surface area contributed by atoms with Gasteiger partial charge in [-0.2, -0.15) is 0 Å². The average molecular weight is 450 g/mol. The third-order valence-electron chi connectivity index (χ3n) is 4.74. The summed E-state index contributed by atoms with van der Waals surface area (Å²) in [5, 5.41) is 24.8. The Balaban J connectivity index is 1.53. The van der Waals surface area contributed by atoms with Crippen molar-refractivity contribution in [2.45, 2.75) is 6.92 Å². The van der Waals surface area contributed by atoms with Gasteiger partial charge in [-0.1, -0.05) is 29.8 Å². The Morgan fingerprint density at radius 2 is 1.97 bits per heavy atom. The van der Waals surface area contributed by atoms with Gasteiger partial charge in [0.05, 0.1) is 10.6 Å². The van der Waals surface area contributed by atoms with E-state index in [0.29, 0.717) is 17.0 Å². The van der Waals surface area contributed by atoms with Crippen molar-refractivity contribution in [1.82, 2.24) is 0 Å². The van der Waals surface area contributed by atoms with Gasteiger partial charge in [-0.25, -0.2) is 0 Å². The van der Waals surface area contributed by atoms with Crippen LogP contribution in [0.5, 0.6) is 5.75 Å². The molecule has 9 heteroatoms. The van der Waals surface area contributed by atoms with Crippen LogP contribution >= 0.6 is 11.6 Å². The Hall–Kier alpha value is -4.17. The van der Waals surface area contributed by atoms with Crippen LogP contribution in [0.3, 0.4) is 0 Å². The maximum absolute atomic E-state index is 12.6. The summed E-state index contributed by atoms with van der Waals surface area (Å²) in [4.78, 5) is 27.1. The summed E-state index contributed by atoms with van der Waals surface area (Å²) in [7, 11) is 0. The first-order chi connectivity index (χ1) is 15.3. The third-order valence-corrected chi connectivity index (χ3v) is 4.96. The zero-order valence-electron chi connectivity index (χ0n) is 16.7. The fraction of sp³-hybridized carbons (Fsp3) is 0.0435. The van der Waals surface area contributed by atoms with Crippen LogP contribution in [0.25, 0.3) is 11.0 Å². The summed E-state index contributed by atoms with van der Waals surface area (Å²) in [5.41, 5.74) is 2.08. The number of phenolic OH excluding ortho intramolecular Hbond substituents is 1. The highest BCUT2D eigenvalue weighted by atomic mass is 35.5. The maximum Gasteiger partial charge on any atom is 0.312 e. The molecule has 0 bridgehead atoms. The van der Waals surface area contributed by atoms with Crippen LogP contribution < -0.4 is 5.32 Å². The van der Waals surface area contributed by atoms with Gasteiger partial charge in [-0.05, 0) is 48.9 Å². The van der Waals surface area contributed by atoms with Crippen LogP contribution in [0, 0.1) is 17.0 Å². The number of hydrogen-bond acceptors (Lipinski definition) is 6. The second-order valence-corrected chi connectivity index (χ2v) is 7.42. The number of nitrogens with one attached hydrogen (secondary N) is 1. The molecule has 0 spiro atoms. The molecule has 0 radical (unpaired) electrons. The summed E-state index contributed by atoms with van der Waals surface area (Å²) < 4.78 is 5.58. The molecule has 0 unspecified atom stereocenters. The van der Waals surface area contributed by atoms with Crippen molar-refractivity contribution in [3.63, 3.8) is 0 Å². The number of fused-ring (bicyclic) bond motifs is 1. The highest BCUT2D eigenvalue weighted by Gasteiger charge is 2.18. The summed E-state index contributed by atoms with van der Waals surface area (Å²) in [5.74, 6) is -0.697. The lowest BCUT2D eigenvalue weighted by molar-refractivity contribution is -0.385. The second kappa shape index (κ2) is 8.52. The fourth-order valence-corrected chi connectivity index (χ4v) is 3.35. The third kappa shape index (κ3) is 4.30. The maximum atomic E-state index is 12.6. The standard InChI is InChI=1S/C23H16ClN3O5/c1-13-8-17(25-12-15-9-16(24)11-19(22(15)28)27(30)31)6-7-18(13)26-23(29)21-10-14-4-2-3-5-20(14)32-21/h2-12,28H,1H3,(H,26,29). The lowest BCUT2D eigenvalue weighted by atomic mass is 10.1. The Kier molecular flexibility index (Phi) is 5.61. The van der Waals surface area contributed by atoms with Crippen molar-refractivity contribution in [2.75, 3.05) is 5.32 Å². The van der Waals surface area contributed by atoms with Crippen LogP contribution in [0.1, 0.15) is 21.7 Å². The van der Waals surface area contributed by atoms with E-state index in [1.54, 1.807) is 37.3 Å². The van der Waals surface area contributed by atoms with Crippen molar-refractivity contribution in [3.8, 4) is 5.75 Å². The largest absolute Gasteiger partial charge is 0.502 e. The molecule has 0 aliphatic carbocycles. The summed E-state index contributed by atoms with van der Waals surface area (Å²) in [6.45, 7) is 1.80. The normalized spacial score (nSPS) is 11.2. The molecule has 0 atom stereocenters. The zero-order valence-corrected chi connectivity index (χ0v) is 17.5. The highest BCUT2D eigenvalue weighted by Crippen LogP contribution is 2.33. The number of carbonyl (C=O) groups excluding carboxylic acids is 1. The van der Waals surface area contributed by atoms with Crippen molar-refractivity contribution in [1.29, 1.82) is 0 Å². The molecule has 2 N–H and O–H groups in total. The van der Waals surface area contributed by atoms with Crippen LogP contribution in [-0.2, 0) is 0 Å². The van der Waals surface area contributed by atoms with E-state index in [1.807, 2.05) is 18.2 Å². The number of nitrogens with zero attached hydrogens (tertiary/aromatic N) is 2. The van der Waals surface area contributed by atoms with Gasteiger partial charge in [0.2, 0.25) is 5.75 Å². The van der Waals surface area contributed by atoms with Crippen molar-refractivity contribution in [2.24, 2.45) is 4.99 Å². The minimum absolute atomic E-state index is 0.107. The number of hydrogen-bond donors (Lipinski definition) is 2. The van der Waals surface area contributed by atoms with E-state index < -0.39 is 16.4 Å². The van der Waals surface area contributed by atoms with E-state index >= 15 is 0 Å². The Morgan fingerprint density at radius 1 is 1.19 bits per heavy atom. The summed E-state index contributed by atoms with van der Waals surface area (Å²) in [6.07, 6.45) is 1.29. The first-order valence-corrected chi connectivity index (χ1v) is 9.81. The van der Waals surface area contributed by atoms with E-state index in [-0.39, 0.29) is 22.3 Å². The monoisotopic (exact) mass is 449 g/mol. The van der Waals surface area contributed by atoms with Crippen molar-refractivity contribution in [3.05, 3.63) is 92.7 Å². The number of halogens is 1. The predicted octanol–water partition coefficient (Wildman–Crippen LogP) is 6.01. The molecule has 3 aromatic carbocycles. The molecule has 0 fully saturated rings. The van der Waals surface area contributed by atoms with Crippen molar-refractivity contribution < 1.29 is 19.2 Å². The fourth-order valence-electron chi connectivity index (χ4n) is 3.13. The van der Waals surface area contributed by atoms with Gasteiger partial charge in [0.15, 0.2) is 5.76 Å². The number of rotatable bonds is 5. The molecule has 0 saturated carbocycles. The molecule has 160 valence electrons. The quantitative estimate of drug-likeness (QED) is 0.219. The average Bonchev–Trinajstić information content (AvgIpc) is 3.20. The van der Waals surface area contributed by atoms with Gasteiger partial charge in [0.25, 0.3) is 5.91 Å². The van der Waals surface area contributed by atoms with Crippen molar-refractivity contribution >= 4 is 51.8 Å². The van der Waals surface area contributed by atoms with Gasteiger partial charge < -0.3 is 14.8 Å². The number of aliphatic imine (C=N–C) groups is 1. The number of nitro benzene ring substituents is 1. The molecular formula is C23H16ClN3O5. The lowest BCUT2D eigenvalue weighted by Crippen LogP contribution is -2.11. The Labute approximate surface area is 186 Å². The lowest BCUT2D eigenvalue weighted by Gasteiger charge is -2.08. The predicted molar refractivity (Wildman–Crippen MR) is 122 cm³/mol. The van der Waals surface area contributed by atoms with Crippen LogP contribution in [0.4, 0.5) is 17.1 Å². The van der Waals surface area contributed by atoms with Gasteiger partial charge >= 0.3 is 5.69 Å². The van der Waals surface area contributed by atoms with Crippen LogP contribution in [-0.4, -0.2) is 22.2 Å². The van der Waals surface area contributed by atoms with Gasteiger partial charge in [-0.15, -0.1) is 0 Å². The molecule has 32 heavy (non-hydrogen) atoms. The topological polar surface area (TPSA) is 118 Å². The molecule has 1 heterocycles. The number of para-hydroxylation sites is 1. The minimum Gasteiger partial charge on any atom is -0.502 e. The summed E-state index contributed by atoms with van der Waals surface area (Å²) in [6, 6.07) is 16.5. The SMILES string of the molecule is Cc1cc(N=Cc2cc(Cl)cc([N+](=O)[O-])c2O)ccc1NC(=O)c1cc2ccccc2o1. The van der Waals surface area contributed by atoms with Gasteiger partial charge in [0.1, 0.15) is 5.58 Å². The van der Waals surface area contributed by atoms with Crippen LogP contribution in [0.2, 0.25) is 5.02 Å². The number of anilines is 1. The van der Waals surface area contributed by atoms with E-state index in [0.717, 1.165) is 17.0 Å². The van der Waals surface area contributed by atoms with Gasteiger partial charge in [0, 0.05) is 33.9 Å². The molecule has 0 saturated heterocycles. The molecule has 0 aliphatic rings. The number of furan rings is 1. The van der Waals surface area contributed by atoms with E-state index in [9.17, 15) is 20.0 Å². The molecule has 0 aliphatic heterocycles. The second-order valence-electron chi connectivity index (χ2n) is 6.98. The van der Waals surface area contributed by atoms with Gasteiger partial charge in [-0.3, -0.25) is 19.9 Å². The molecule has 4 rings (SSSR count). The zero-order chi connectivity index (χ0) is 22.8. The summed E-state index contributed by atoms with van der Waals surface area (Å²) >= 11 is 5.89. The Bertz CT molecular complexity index is 1360. The molecule has 8 nitrogen and oxygen atoms in total. The molecule has 4 aromatic rings. The number of aromatic hydroxyl groups is 1. The van der Waals surface area contributed by atoms with E-state index in [2.05, 4.69) is 10.3 Å². The number of phenols is 1. The highest BCUT2D eigenvalue weighted by molar-refractivity contribution is 6.31. The molecule has 1 amide bonds. The van der Waals surface area contributed by atoms with Crippen LogP contribution in [0.15, 0.2) is 70.1 Å². The Morgan fingerprint density at radius 3 is 2.69 bits per heavy atom. The molecular weight excluding hydrogens is 434 g/mol. The number of carbonyl (C=O) groups is 1. The minimum atomic E-state index is -0.720. The number of benzene rings is 3. The first-order valence-electron chi connectivity index (χ1n) is 9.43. The number of nitro groups is 1.